The van der Waals surface area contributed by atoms with Gasteiger partial charge in [0.2, 0.25) is 5.76 Å². The van der Waals surface area contributed by atoms with E-state index in [0.717, 1.165) is 12.0 Å². The van der Waals surface area contributed by atoms with Crippen molar-refractivity contribution in [1.82, 2.24) is 5.16 Å². The Labute approximate surface area is 125 Å². The quantitative estimate of drug-likeness (QED) is 0.917. The second kappa shape index (κ2) is 5.29. The molecule has 0 saturated carbocycles. The van der Waals surface area contributed by atoms with Crippen LogP contribution in [-0.2, 0) is 0 Å². The van der Waals surface area contributed by atoms with E-state index in [4.69, 9.17) is 30.7 Å². The molecule has 7 heteroatoms. The maximum Gasteiger partial charge on any atom is 0.374 e. The van der Waals surface area contributed by atoms with Gasteiger partial charge in [0.15, 0.2) is 11.5 Å². The summed E-state index contributed by atoms with van der Waals surface area (Å²) >= 11 is 6.23. The summed E-state index contributed by atoms with van der Waals surface area (Å²) < 4.78 is 16.1. The minimum atomic E-state index is -1.17. The molecule has 0 bridgehead atoms. The molecule has 0 fully saturated rings. The van der Waals surface area contributed by atoms with Gasteiger partial charge in [-0.25, -0.2) is 4.79 Å². The molecule has 21 heavy (non-hydrogen) atoms. The summed E-state index contributed by atoms with van der Waals surface area (Å²) in [6.07, 6.45) is 0.771. The highest BCUT2D eigenvalue weighted by molar-refractivity contribution is 6.32. The summed E-state index contributed by atoms with van der Waals surface area (Å²) in [7, 11) is 0. The zero-order valence-electron chi connectivity index (χ0n) is 11.2. The molecule has 0 spiro atoms. The minimum Gasteiger partial charge on any atom is -0.489 e. The van der Waals surface area contributed by atoms with Gasteiger partial charge < -0.3 is 19.1 Å². The number of benzene rings is 1. The molecule has 6 nitrogen and oxygen atoms in total. The Morgan fingerprint density at radius 2 is 2.00 bits per heavy atom. The van der Waals surface area contributed by atoms with E-state index in [1.54, 1.807) is 6.07 Å². The average molecular weight is 310 g/mol. The second-order valence-electron chi connectivity index (χ2n) is 4.62. The summed E-state index contributed by atoms with van der Waals surface area (Å²) in [6, 6.07) is 3.03. The predicted octanol–water partition coefficient (Wildman–Crippen LogP) is 3.16. The summed E-state index contributed by atoms with van der Waals surface area (Å²) in [5, 5.41) is 13.1. The monoisotopic (exact) mass is 309 g/mol. The fourth-order valence-electron chi connectivity index (χ4n) is 2.19. The number of rotatable bonds is 2. The van der Waals surface area contributed by atoms with Gasteiger partial charge in [-0.15, -0.1) is 0 Å². The Bertz CT molecular complexity index is 710. The van der Waals surface area contributed by atoms with Crippen LogP contribution in [0.25, 0.3) is 11.3 Å². The number of ether oxygens (including phenoxy) is 2. The van der Waals surface area contributed by atoms with Crippen LogP contribution >= 0.6 is 11.6 Å². The van der Waals surface area contributed by atoms with E-state index in [9.17, 15) is 4.79 Å². The van der Waals surface area contributed by atoms with Crippen LogP contribution in [-0.4, -0.2) is 29.4 Å². The van der Waals surface area contributed by atoms with E-state index < -0.39 is 5.97 Å². The number of hydrogen-bond donors (Lipinski definition) is 1. The van der Waals surface area contributed by atoms with Crippen LogP contribution in [0.1, 0.15) is 22.5 Å². The molecule has 0 unspecified atom stereocenters. The van der Waals surface area contributed by atoms with E-state index in [-0.39, 0.29) is 5.76 Å². The number of nitrogens with zero attached hydrogens (tertiary/aromatic N) is 1. The molecular weight excluding hydrogens is 298 g/mol. The fraction of sp³-hybridized carbons (Fsp3) is 0.286. The molecule has 1 aliphatic rings. The van der Waals surface area contributed by atoms with E-state index in [2.05, 4.69) is 5.16 Å². The third kappa shape index (κ3) is 2.42. The van der Waals surface area contributed by atoms with Crippen molar-refractivity contribution in [3.05, 3.63) is 28.5 Å². The molecule has 0 saturated heterocycles. The first kappa shape index (κ1) is 13.8. The Morgan fingerprint density at radius 1 is 1.29 bits per heavy atom. The lowest BCUT2D eigenvalue weighted by molar-refractivity contribution is 0.0652. The van der Waals surface area contributed by atoms with E-state index >= 15 is 0 Å². The Kier molecular flexibility index (Phi) is 3.47. The van der Waals surface area contributed by atoms with Crippen molar-refractivity contribution in [3.63, 3.8) is 0 Å². The summed E-state index contributed by atoms with van der Waals surface area (Å²) in [5.41, 5.74) is 1.82. The van der Waals surface area contributed by atoms with E-state index in [0.29, 0.717) is 41.0 Å². The highest BCUT2D eigenvalue weighted by Gasteiger charge is 2.22. The van der Waals surface area contributed by atoms with E-state index in [1.807, 2.05) is 6.92 Å². The van der Waals surface area contributed by atoms with Crippen molar-refractivity contribution in [3.8, 4) is 22.8 Å². The van der Waals surface area contributed by atoms with E-state index in [1.165, 1.54) is 6.07 Å². The maximum atomic E-state index is 10.9. The van der Waals surface area contributed by atoms with Crippen molar-refractivity contribution in [2.24, 2.45) is 0 Å². The molecule has 0 radical (unpaired) electrons. The molecule has 2 heterocycles. The Hall–Kier alpha value is -2.21. The predicted molar refractivity (Wildman–Crippen MR) is 74.3 cm³/mol. The lowest BCUT2D eigenvalue weighted by Crippen LogP contribution is -1.98. The van der Waals surface area contributed by atoms with Gasteiger partial charge in [0.05, 0.1) is 18.2 Å². The highest BCUT2D eigenvalue weighted by Crippen LogP contribution is 2.44. The standard InChI is InChI=1S/C14H12ClNO5/c1-7-8(10-6-11(14(17)18)21-16-10)5-9(15)13-12(7)19-3-2-4-20-13/h5-6H,2-4H2,1H3,(H,17,18). The number of aromatic nitrogens is 1. The molecule has 0 amide bonds. The van der Waals surface area contributed by atoms with Crippen molar-refractivity contribution < 1.29 is 23.9 Å². The van der Waals surface area contributed by atoms with Gasteiger partial charge in [-0.2, -0.15) is 0 Å². The van der Waals surface area contributed by atoms with Crippen molar-refractivity contribution >= 4 is 17.6 Å². The smallest absolute Gasteiger partial charge is 0.374 e. The lowest BCUT2D eigenvalue weighted by atomic mass is 10.0. The minimum absolute atomic E-state index is 0.229. The number of carbonyl (C=O) groups is 1. The van der Waals surface area contributed by atoms with Gasteiger partial charge in [0.25, 0.3) is 0 Å². The molecule has 0 atom stereocenters. The van der Waals surface area contributed by atoms with Gasteiger partial charge in [-0.3, -0.25) is 0 Å². The topological polar surface area (TPSA) is 81.8 Å². The number of halogens is 1. The summed E-state index contributed by atoms with van der Waals surface area (Å²) in [6.45, 7) is 2.92. The van der Waals surface area contributed by atoms with Crippen LogP contribution in [0, 0.1) is 6.92 Å². The van der Waals surface area contributed by atoms with Gasteiger partial charge in [-0.05, 0) is 13.0 Å². The van der Waals surface area contributed by atoms with Crippen LogP contribution in [0.3, 0.4) is 0 Å². The second-order valence-corrected chi connectivity index (χ2v) is 5.03. The molecule has 1 N–H and O–H groups in total. The fourth-order valence-corrected chi connectivity index (χ4v) is 2.44. The Morgan fingerprint density at radius 3 is 2.67 bits per heavy atom. The highest BCUT2D eigenvalue weighted by atomic mass is 35.5. The first-order valence-electron chi connectivity index (χ1n) is 6.37. The first-order valence-corrected chi connectivity index (χ1v) is 6.75. The zero-order chi connectivity index (χ0) is 15.0. The Balaban J connectivity index is 2.12. The van der Waals surface area contributed by atoms with Gasteiger partial charge >= 0.3 is 5.97 Å². The number of carboxylic acid groups (broad SMARTS) is 1. The van der Waals surface area contributed by atoms with Crippen LogP contribution in [0.4, 0.5) is 0 Å². The van der Waals surface area contributed by atoms with Crippen LogP contribution in [0.5, 0.6) is 11.5 Å². The molecule has 110 valence electrons. The molecule has 3 rings (SSSR count). The van der Waals surface area contributed by atoms with Crippen molar-refractivity contribution in [1.29, 1.82) is 0 Å². The SMILES string of the molecule is Cc1c(-c2cc(C(=O)O)on2)cc(Cl)c2c1OCCCO2. The van der Waals surface area contributed by atoms with Gasteiger partial charge in [0.1, 0.15) is 5.69 Å². The van der Waals surface area contributed by atoms with Gasteiger partial charge in [-0.1, -0.05) is 16.8 Å². The average Bonchev–Trinajstić information content (AvgIpc) is 2.80. The molecular formula is C14H12ClNO5. The normalized spacial score (nSPS) is 13.8. The molecule has 2 aromatic rings. The van der Waals surface area contributed by atoms with Gasteiger partial charge in [0, 0.05) is 23.6 Å². The molecule has 1 aromatic heterocycles. The van der Waals surface area contributed by atoms with Crippen molar-refractivity contribution in [2.45, 2.75) is 13.3 Å². The third-order valence-corrected chi connectivity index (χ3v) is 3.50. The molecule has 1 aromatic carbocycles. The van der Waals surface area contributed by atoms with Crippen LogP contribution < -0.4 is 9.47 Å². The maximum absolute atomic E-state index is 10.9. The van der Waals surface area contributed by atoms with Crippen LogP contribution in [0.2, 0.25) is 5.02 Å². The summed E-state index contributed by atoms with van der Waals surface area (Å²) in [4.78, 5) is 10.9. The molecule has 1 aliphatic heterocycles. The number of fused-ring (bicyclic) bond motifs is 1. The van der Waals surface area contributed by atoms with Crippen molar-refractivity contribution in [2.75, 3.05) is 13.2 Å². The zero-order valence-corrected chi connectivity index (χ0v) is 11.9. The number of hydrogen-bond acceptors (Lipinski definition) is 5. The lowest BCUT2D eigenvalue weighted by Gasteiger charge is -2.14. The first-order chi connectivity index (χ1) is 10.1. The summed E-state index contributed by atoms with van der Waals surface area (Å²) in [5.74, 6) is -0.327. The largest absolute Gasteiger partial charge is 0.489 e. The number of carboxylic acids is 1. The molecule has 0 aliphatic carbocycles. The number of aromatic carboxylic acids is 1. The third-order valence-electron chi connectivity index (χ3n) is 3.22. The van der Waals surface area contributed by atoms with Crippen LogP contribution in [0.15, 0.2) is 16.7 Å².